The molecule has 0 spiro atoms. The Morgan fingerprint density at radius 3 is 2.64 bits per heavy atom. The lowest BCUT2D eigenvalue weighted by atomic mass is 10.1. The van der Waals surface area contributed by atoms with Crippen molar-refractivity contribution in [1.29, 1.82) is 0 Å². The fourth-order valence-corrected chi connectivity index (χ4v) is 1.40. The molecular weight excluding hydrogens is 178 g/mol. The Morgan fingerprint density at radius 2 is 2.14 bits per heavy atom. The Bertz CT molecular complexity index is 240. The number of hydrogen-bond acceptors (Lipinski definition) is 3. The smallest absolute Gasteiger partial charge is 0.323 e. The van der Waals surface area contributed by atoms with Crippen LogP contribution in [0, 0.1) is 0 Å². The SMILES string of the molecule is C[C@H]1C=CC[C@@H](C(=O)OC(C)(C)C)N1. The third-order valence-electron chi connectivity index (χ3n) is 1.95. The molecule has 0 radical (unpaired) electrons. The van der Waals surface area contributed by atoms with Crippen molar-refractivity contribution in [2.45, 2.75) is 51.8 Å². The number of esters is 1. The second-order valence-electron chi connectivity index (χ2n) is 4.71. The molecule has 0 aromatic carbocycles. The average Bonchev–Trinajstić information content (AvgIpc) is 2.01. The van der Waals surface area contributed by atoms with Gasteiger partial charge in [0.1, 0.15) is 11.6 Å². The fraction of sp³-hybridized carbons (Fsp3) is 0.727. The molecule has 3 nitrogen and oxygen atoms in total. The molecule has 1 aliphatic heterocycles. The zero-order chi connectivity index (χ0) is 10.8. The molecule has 0 saturated heterocycles. The summed E-state index contributed by atoms with van der Waals surface area (Å²) in [5.74, 6) is -0.159. The molecule has 0 saturated carbocycles. The van der Waals surface area contributed by atoms with Crippen LogP contribution in [0.3, 0.4) is 0 Å². The van der Waals surface area contributed by atoms with Crippen molar-refractivity contribution in [3.63, 3.8) is 0 Å². The van der Waals surface area contributed by atoms with Crippen molar-refractivity contribution in [2.24, 2.45) is 0 Å². The molecule has 0 aliphatic carbocycles. The molecule has 0 bridgehead atoms. The van der Waals surface area contributed by atoms with Gasteiger partial charge in [0.05, 0.1) is 0 Å². The maximum absolute atomic E-state index is 11.6. The Balaban J connectivity index is 2.50. The predicted molar refractivity (Wildman–Crippen MR) is 56.0 cm³/mol. The van der Waals surface area contributed by atoms with E-state index in [1.165, 1.54) is 0 Å². The summed E-state index contributed by atoms with van der Waals surface area (Å²) in [6.45, 7) is 7.67. The van der Waals surface area contributed by atoms with Crippen LogP contribution in [0.15, 0.2) is 12.2 Å². The molecule has 0 amide bonds. The fourth-order valence-electron chi connectivity index (χ4n) is 1.40. The maximum Gasteiger partial charge on any atom is 0.323 e. The highest BCUT2D eigenvalue weighted by Crippen LogP contribution is 2.12. The van der Waals surface area contributed by atoms with Gasteiger partial charge in [-0.2, -0.15) is 0 Å². The molecule has 0 unspecified atom stereocenters. The van der Waals surface area contributed by atoms with Crippen molar-refractivity contribution >= 4 is 5.97 Å². The van der Waals surface area contributed by atoms with Crippen molar-refractivity contribution in [3.8, 4) is 0 Å². The number of nitrogens with one attached hydrogen (secondary N) is 1. The lowest BCUT2D eigenvalue weighted by molar-refractivity contribution is -0.157. The van der Waals surface area contributed by atoms with Gasteiger partial charge in [-0.15, -0.1) is 0 Å². The molecule has 0 aromatic heterocycles. The van der Waals surface area contributed by atoms with Gasteiger partial charge < -0.3 is 4.74 Å². The van der Waals surface area contributed by atoms with Gasteiger partial charge in [-0.25, -0.2) is 0 Å². The number of carbonyl (C=O) groups is 1. The minimum absolute atomic E-state index is 0.159. The number of ether oxygens (including phenoxy) is 1. The van der Waals surface area contributed by atoms with Gasteiger partial charge in [-0.1, -0.05) is 12.2 Å². The summed E-state index contributed by atoms with van der Waals surface area (Å²) in [7, 11) is 0. The van der Waals surface area contributed by atoms with Gasteiger partial charge >= 0.3 is 5.97 Å². The third-order valence-corrected chi connectivity index (χ3v) is 1.95. The van der Waals surface area contributed by atoms with Gasteiger partial charge in [0.15, 0.2) is 0 Å². The summed E-state index contributed by atoms with van der Waals surface area (Å²) in [4.78, 5) is 11.6. The van der Waals surface area contributed by atoms with Crippen LogP contribution < -0.4 is 5.32 Å². The van der Waals surface area contributed by atoms with E-state index < -0.39 is 5.60 Å². The summed E-state index contributed by atoms with van der Waals surface area (Å²) in [6, 6.07) is 0.0653. The highest BCUT2D eigenvalue weighted by Gasteiger charge is 2.26. The number of rotatable bonds is 1. The first-order valence-electron chi connectivity index (χ1n) is 5.04. The van der Waals surface area contributed by atoms with Gasteiger partial charge in [0, 0.05) is 6.04 Å². The van der Waals surface area contributed by atoms with Gasteiger partial charge in [0.2, 0.25) is 0 Å². The van der Waals surface area contributed by atoms with Crippen LogP contribution in [-0.2, 0) is 9.53 Å². The van der Waals surface area contributed by atoms with Crippen molar-refractivity contribution in [2.75, 3.05) is 0 Å². The molecule has 0 fully saturated rings. The second kappa shape index (κ2) is 4.13. The van der Waals surface area contributed by atoms with Crippen molar-refractivity contribution < 1.29 is 9.53 Å². The quantitative estimate of drug-likeness (QED) is 0.513. The lowest BCUT2D eigenvalue weighted by Gasteiger charge is -2.27. The highest BCUT2D eigenvalue weighted by molar-refractivity contribution is 5.76. The molecule has 2 atom stereocenters. The van der Waals surface area contributed by atoms with E-state index in [9.17, 15) is 4.79 Å². The summed E-state index contributed by atoms with van der Waals surface area (Å²) in [6.07, 6.45) is 4.80. The van der Waals surface area contributed by atoms with Crippen LogP contribution in [0.4, 0.5) is 0 Å². The summed E-state index contributed by atoms with van der Waals surface area (Å²) < 4.78 is 5.29. The molecule has 1 N–H and O–H groups in total. The Kier molecular flexibility index (Phi) is 3.32. The number of carbonyl (C=O) groups excluding carboxylic acids is 1. The van der Waals surface area contributed by atoms with E-state index in [-0.39, 0.29) is 18.1 Å². The minimum atomic E-state index is -0.400. The molecule has 0 aromatic rings. The third kappa shape index (κ3) is 3.50. The highest BCUT2D eigenvalue weighted by atomic mass is 16.6. The number of hydrogen-bond donors (Lipinski definition) is 1. The van der Waals surface area contributed by atoms with Crippen LogP contribution in [-0.4, -0.2) is 23.7 Å². The monoisotopic (exact) mass is 197 g/mol. The molecule has 1 rings (SSSR count). The van der Waals surface area contributed by atoms with Crippen LogP contribution in [0.1, 0.15) is 34.1 Å². The molecular formula is C11H19NO2. The van der Waals surface area contributed by atoms with Crippen LogP contribution in [0.25, 0.3) is 0 Å². The Morgan fingerprint density at radius 1 is 1.50 bits per heavy atom. The topological polar surface area (TPSA) is 38.3 Å². The van der Waals surface area contributed by atoms with E-state index in [1.807, 2.05) is 33.8 Å². The molecule has 1 aliphatic rings. The van der Waals surface area contributed by atoms with Gasteiger partial charge in [-0.3, -0.25) is 10.1 Å². The van der Waals surface area contributed by atoms with Gasteiger partial charge in [-0.05, 0) is 34.1 Å². The summed E-state index contributed by atoms with van der Waals surface area (Å²) in [5.41, 5.74) is -0.400. The van der Waals surface area contributed by atoms with Gasteiger partial charge in [0.25, 0.3) is 0 Å². The molecule has 80 valence electrons. The Labute approximate surface area is 85.5 Å². The summed E-state index contributed by atoms with van der Waals surface area (Å²) >= 11 is 0. The lowest BCUT2D eigenvalue weighted by Crippen LogP contribution is -2.46. The van der Waals surface area contributed by atoms with E-state index in [1.54, 1.807) is 0 Å². The maximum atomic E-state index is 11.6. The minimum Gasteiger partial charge on any atom is -0.459 e. The second-order valence-corrected chi connectivity index (χ2v) is 4.71. The van der Waals surface area contributed by atoms with Crippen molar-refractivity contribution in [1.82, 2.24) is 5.32 Å². The van der Waals surface area contributed by atoms with E-state index in [2.05, 4.69) is 11.4 Å². The van der Waals surface area contributed by atoms with E-state index in [0.29, 0.717) is 0 Å². The standard InChI is InChI=1S/C11H19NO2/c1-8-6-5-7-9(12-8)10(13)14-11(2,3)4/h5-6,8-9,12H,7H2,1-4H3/t8-,9-/m0/s1. The summed E-state index contributed by atoms with van der Waals surface area (Å²) in [5, 5.41) is 3.18. The molecule has 1 heterocycles. The molecule has 14 heavy (non-hydrogen) atoms. The van der Waals surface area contributed by atoms with Crippen LogP contribution in [0.5, 0.6) is 0 Å². The average molecular weight is 197 g/mol. The van der Waals surface area contributed by atoms with Crippen molar-refractivity contribution in [3.05, 3.63) is 12.2 Å². The first kappa shape index (κ1) is 11.2. The largest absolute Gasteiger partial charge is 0.459 e. The van der Waals surface area contributed by atoms with E-state index in [4.69, 9.17) is 4.74 Å². The van der Waals surface area contributed by atoms with E-state index in [0.717, 1.165) is 6.42 Å². The predicted octanol–water partition coefficient (Wildman–Crippen LogP) is 1.63. The zero-order valence-corrected chi connectivity index (χ0v) is 9.33. The first-order chi connectivity index (χ1) is 6.38. The Hall–Kier alpha value is -0.830. The normalized spacial score (nSPS) is 27.4. The zero-order valence-electron chi connectivity index (χ0n) is 9.33. The van der Waals surface area contributed by atoms with Crippen LogP contribution >= 0.6 is 0 Å². The molecule has 3 heteroatoms. The first-order valence-corrected chi connectivity index (χ1v) is 5.04. The van der Waals surface area contributed by atoms with Crippen LogP contribution in [0.2, 0.25) is 0 Å². The van der Waals surface area contributed by atoms with E-state index >= 15 is 0 Å².